The van der Waals surface area contributed by atoms with E-state index in [0.29, 0.717) is 28.0 Å². The second-order valence-corrected chi connectivity index (χ2v) is 8.09. The molecule has 0 aliphatic carbocycles. The van der Waals surface area contributed by atoms with Crippen LogP contribution in [0.15, 0.2) is 66.7 Å². The number of carboxylic acid groups (broad SMARTS) is 1. The summed E-state index contributed by atoms with van der Waals surface area (Å²) in [4.78, 5) is 28.7. The van der Waals surface area contributed by atoms with E-state index in [2.05, 4.69) is 10.3 Å². The summed E-state index contributed by atoms with van der Waals surface area (Å²) in [6, 6.07) is 18.3. The molecule has 166 valence electrons. The van der Waals surface area contributed by atoms with Crippen molar-refractivity contribution in [2.24, 2.45) is 0 Å². The molecule has 4 aromatic rings. The Balaban J connectivity index is 1.88. The number of aromatic nitrogens is 1. The molecular formula is C27H23FN2O3. The number of Topliss-reactive ketones (excluding diaryl/α,β-unsaturated/α-hetero) is 1. The van der Waals surface area contributed by atoms with Crippen LogP contribution in [0.1, 0.15) is 51.9 Å². The molecule has 1 heterocycles. The molecule has 0 aliphatic heterocycles. The van der Waals surface area contributed by atoms with Gasteiger partial charge in [-0.15, -0.1) is 0 Å². The van der Waals surface area contributed by atoms with Crippen LogP contribution in [0, 0.1) is 12.7 Å². The second-order valence-electron chi connectivity index (χ2n) is 8.09. The van der Waals surface area contributed by atoms with E-state index in [1.54, 1.807) is 36.4 Å². The van der Waals surface area contributed by atoms with Crippen LogP contribution in [0.4, 0.5) is 10.1 Å². The third-order valence-corrected chi connectivity index (χ3v) is 5.60. The van der Waals surface area contributed by atoms with Gasteiger partial charge in [-0.25, -0.2) is 14.2 Å². The van der Waals surface area contributed by atoms with Crippen molar-refractivity contribution in [3.63, 3.8) is 0 Å². The van der Waals surface area contributed by atoms with E-state index in [1.165, 1.54) is 19.1 Å². The summed E-state index contributed by atoms with van der Waals surface area (Å²) >= 11 is 0. The molecule has 6 heteroatoms. The number of carboxylic acids is 1. The Morgan fingerprint density at radius 1 is 1.03 bits per heavy atom. The predicted molar refractivity (Wildman–Crippen MR) is 127 cm³/mol. The molecule has 1 aromatic heterocycles. The highest BCUT2D eigenvalue weighted by molar-refractivity contribution is 6.03. The van der Waals surface area contributed by atoms with Crippen molar-refractivity contribution >= 4 is 28.3 Å². The van der Waals surface area contributed by atoms with Crippen LogP contribution in [0.5, 0.6) is 0 Å². The van der Waals surface area contributed by atoms with Crippen molar-refractivity contribution in [1.29, 1.82) is 0 Å². The fourth-order valence-corrected chi connectivity index (χ4v) is 4.03. The Morgan fingerprint density at radius 3 is 2.39 bits per heavy atom. The van der Waals surface area contributed by atoms with E-state index in [1.807, 2.05) is 32.0 Å². The minimum absolute atomic E-state index is 0.180. The maximum atomic E-state index is 13.5. The van der Waals surface area contributed by atoms with Crippen molar-refractivity contribution in [2.45, 2.75) is 26.8 Å². The van der Waals surface area contributed by atoms with Crippen LogP contribution < -0.4 is 5.32 Å². The largest absolute Gasteiger partial charge is 0.478 e. The number of hydrogen-bond acceptors (Lipinski definition) is 4. The minimum Gasteiger partial charge on any atom is -0.478 e. The number of anilines is 1. The first-order valence-electron chi connectivity index (χ1n) is 10.6. The zero-order chi connectivity index (χ0) is 23.7. The lowest BCUT2D eigenvalue weighted by Gasteiger charge is -2.20. The summed E-state index contributed by atoms with van der Waals surface area (Å²) in [6.07, 6.45) is 0. The summed E-state index contributed by atoms with van der Waals surface area (Å²) < 4.78 is 13.5. The van der Waals surface area contributed by atoms with Gasteiger partial charge in [0.05, 0.1) is 11.1 Å². The molecule has 0 radical (unpaired) electrons. The van der Waals surface area contributed by atoms with Crippen molar-refractivity contribution in [1.82, 2.24) is 4.98 Å². The van der Waals surface area contributed by atoms with Crippen molar-refractivity contribution in [2.75, 3.05) is 5.32 Å². The quantitative estimate of drug-likeness (QED) is 0.337. The van der Waals surface area contributed by atoms with Gasteiger partial charge in [-0.1, -0.05) is 30.3 Å². The first kappa shape index (κ1) is 22.1. The number of carbonyl (C=O) groups excluding carboxylic acids is 1. The van der Waals surface area contributed by atoms with E-state index in [4.69, 9.17) is 0 Å². The number of benzene rings is 3. The van der Waals surface area contributed by atoms with Crippen molar-refractivity contribution < 1.29 is 19.1 Å². The third-order valence-electron chi connectivity index (χ3n) is 5.60. The molecular weight excluding hydrogens is 419 g/mol. The van der Waals surface area contributed by atoms with Gasteiger partial charge in [-0.3, -0.25) is 4.79 Å². The molecule has 0 aliphatic rings. The Morgan fingerprint density at radius 2 is 1.73 bits per heavy atom. The molecule has 1 unspecified atom stereocenters. The van der Waals surface area contributed by atoms with Gasteiger partial charge in [0.1, 0.15) is 11.5 Å². The smallest absolute Gasteiger partial charge is 0.337 e. The summed E-state index contributed by atoms with van der Waals surface area (Å²) in [5, 5.41) is 13.7. The van der Waals surface area contributed by atoms with Crippen molar-refractivity contribution in [3.8, 4) is 11.1 Å². The molecule has 0 saturated heterocycles. The topological polar surface area (TPSA) is 79.3 Å². The third kappa shape index (κ3) is 4.46. The first-order valence-corrected chi connectivity index (χ1v) is 10.6. The van der Waals surface area contributed by atoms with Crippen LogP contribution in [0.2, 0.25) is 0 Å². The molecule has 0 fully saturated rings. The maximum absolute atomic E-state index is 13.5. The van der Waals surface area contributed by atoms with Crippen LogP contribution in [0.25, 0.3) is 22.0 Å². The molecule has 0 saturated carbocycles. The van der Waals surface area contributed by atoms with Crippen LogP contribution >= 0.6 is 0 Å². The number of fused-ring (bicyclic) bond motifs is 1. The van der Waals surface area contributed by atoms with E-state index < -0.39 is 5.97 Å². The maximum Gasteiger partial charge on any atom is 0.337 e. The van der Waals surface area contributed by atoms with Gasteiger partial charge in [0.2, 0.25) is 0 Å². The monoisotopic (exact) mass is 442 g/mol. The normalized spacial score (nSPS) is 11.9. The number of carbonyl (C=O) groups is 2. The molecule has 4 rings (SSSR count). The zero-order valence-electron chi connectivity index (χ0n) is 18.5. The Bertz CT molecular complexity index is 1380. The number of nitrogens with one attached hydrogen (secondary N) is 1. The highest BCUT2D eigenvalue weighted by Crippen LogP contribution is 2.33. The molecule has 1 atom stereocenters. The van der Waals surface area contributed by atoms with E-state index >= 15 is 0 Å². The number of aryl methyl sites for hydroxylation is 1. The number of aromatic carboxylic acids is 1. The van der Waals surface area contributed by atoms with Crippen LogP contribution in [-0.4, -0.2) is 21.8 Å². The summed E-state index contributed by atoms with van der Waals surface area (Å²) in [7, 11) is 0. The van der Waals surface area contributed by atoms with Crippen LogP contribution in [-0.2, 0) is 0 Å². The molecule has 5 nitrogen and oxygen atoms in total. The number of para-hydroxylation sites is 1. The van der Waals surface area contributed by atoms with Gasteiger partial charge in [-0.05, 0) is 66.9 Å². The fraction of sp³-hybridized carbons (Fsp3) is 0.148. The number of halogens is 1. The number of pyridine rings is 1. The number of hydrogen-bond donors (Lipinski definition) is 2. The van der Waals surface area contributed by atoms with Gasteiger partial charge >= 0.3 is 5.97 Å². The number of nitrogens with zero attached hydrogens (tertiary/aromatic N) is 1. The minimum atomic E-state index is -1.01. The first-order chi connectivity index (χ1) is 15.7. The molecule has 2 N–H and O–H groups in total. The highest BCUT2D eigenvalue weighted by Gasteiger charge is 2.19. The summed E-state index contributed by atoms with van der Waals surface area (Å²) in [5.74, 6) is -1.55. The number of ketones is 1. The lowest BCUT2D eigenvalue weighted by molar-refractivity contribution is 0.0697. The molecule has 0 amide bonds. The predicted octanol–water partition coefficient (Wildman–Crippen LogP) is 6.42. The van der Waals surface area contributed by atoms with Gasteiger partial charge in [0.15, 0.2) is 5.78 Å². The van der Waals surface area contributed by atoms with Gasteiger partial charge in [-0.2, -0.15) is 0 Å². The van der Waals surface area contributed by atoms with E-state index in [0.717, 1.165) is 16.5 Å². The SMILES string of the molecule is CC(=O)c1nc2cc(C)cc(C(C)Nc3ccccc3C(=O)O)c2cc1-c1ccc(F)cc1. The molecule has 0 bridgehead atoms. The molecule has 33 heavy (non-hydrogen) atoms. The van der Waals surface area contributed by atoms with Crippen LogP contribution in [0.3, 0.4) is 0 Å². The van der Waals surface area contributed by atoms with Crippen molar-refractivity contribution in [3.05, 3.63) is 94.9 Å². The average molecular weight is 442 g/mol. The lowest BCUT2D eigenvalue weighted by atomic mass is 9.94. The summed E-state index contributed by atoms with van der Waals surface area (Å²) in [5.41, 5.74) is 4.89. The highest BCUT2D eigenvalue weighted by atomic mass is 19.1. The van der Waals surface area contributed by atoms with Gasteiger partial charge in [0, 0.05) is 29.6 Å². The zero-order valence-corrected chi connectivity index (χ0v) is 18.5. The van der Waals surface area contributed by atoms with Gasteiger partial charge < -0.3 is 10.4 Å². The Kier molecular flexibility index (Phi) is 5.92. The molecule has 0 spiro atoms. The van der Waals surface area contributed by atoms with E-state index in [9.17, 15) is 19.1 Å². The second kappa shape index (κ2) is 8.82. The Labute approximate surface area is 190 Å². The summed E-state index contributed by atoms with van der Waals surface area (Å²) in [6.45, 7) is 5.36. The standard InChI is InChI=1S/C27H23FN2O3/c1-15-12-21(16(2)29-24-7-5-4-6-20(24)27(32)33)23-14-22(18-8-10-19(28)11-9-18)26(17(3)31)30-25(23)13-15/h4-14,16,29H,1-3H3,(H,32,33). The molecule has 3 aromatic carbocycles. The Hall–Kier alpha value is -4.06. The van der Waals surface area contributed by atoms with E-state index in [-0.39, 0.29) is 23.2 Å². The fourth-order valence-electron chi connectivity index (χ4n) is 4.03. The van der Waals surface area contributed by atoms with Gasteiger partial charge in [0.25, 0.3) is 0 Å². The average Bonchev–Trinajstić information content (AvgIpc) is 2.78. The number of rotatable bonds is 6. The lowest BCUT2D eigenvalue weighted by Crippen LogP contribution is -2.12.